The predicted molar refractivity (Wildman–Crippen MR) is 91.3 cm³/mol. The largest absolute Gasteiger partial charge is 0.478 e. The van der Waals surface area contributed by atoms with E-state index in [9.17, 15) is 22.0 Å². The highest BCUT2D eigenvalue weighted by molar-refractivity contribution is 7.89. The van der Waals surface area contributed by atoms with Crippen LogP contribution in [0.15, 0.2) is 47.4 Å². The van der Waals surface area contributed by atoms with Gasteiger partial charge >= 0.3 is 0 Å². The smallest absolute Gasteiger partial charge is 0.241 e. The summed E-state index contributed by atoms with van der Waals surface area (Å²) in [6.07, 6.45) is 0. The van der Waals surface area contributed by atoms with Crippen molar-refractivity contribution in [3.05, 3.63) is 59.7 Å². The molecule has 0 radical (unpaired) electrons. The minimum absolute atomic E-state index is 0.0448. The first-order valence-electron chi connectivity index (χ1n) is 7.44. The molecule has 0 saturated heterocycles. The van der Waals surface area contributed by atoms with E-state index in [2.05, 4.69) is 16.6 Å². The molecule has 136 valence electrons. The molecule has 0 aromatic heterocycles. The zero-order valence-corrected chi connectivity index (χ0v) is 14.6. The quantitative estimate of drug-likeness (QED) is 0.618. The van der Waals surface area contributed by atoms with Crippen molar-refractivity contribution in [3.63, 3.8) is 0 Å². The Morgan fingerprint density at radius 1 is 1.15 bits per heavy atom. The number of nitrogens with one attached hydrogen (secondary N) is 1. The molecule has 0 aliphatic carbocycles. The summed E-state index contributed by atoms with van der Waals surface area (Å²) >= 11 is 0. The molecule has 5 nitrogen and oxygen atoms in total. The van der Waals surface area contributed by atoms with E-state index < -0.39 is 21.7 Å². The first kappa shape index (κ1) is 19.6. The average molecular weight is 379 g/mol. The van der Waals surface area contributed by atoms with E-state index in [-0.39, 0.29) is 35.1 Å². The van der Waals surface area contributed by atoms with Crippen LogP contribution in [0.4, 0.5) is 8.78 Å². The van der Waals surface area contributed by atoms with Crippen LogP contribution in [0.25, 0.3) is 0 Å². The van der Waals surface area contributed by atoms with Gasteiger partial charge in [0.2, 0.25) is 10.0 Å². The van der Waals surface area contributed by atoms with Crippen LogP contribution in [0.2, 0.25) is 0 Å². The topological polar surface area (TPSA) is 72.5 Å². The molecule has 2 aromatic rings. The molecule has 8 heteroatoms. The van der Waals surface area contributed by atoms with Crippen molar-refractivity contribution in [1.82, 2.24) is 4.72 Å². The summed E-state index contributed by atoms with van der Waals surface area (Å²) in [7, 11) is -3.81. The Labute approximate surface area is 150 Å². The predicted octanol–water partition coefficient (Wildman–Crippen LogP) is 2.53. The summed E-state index contributed by atoms with van der Waals surface area (Å²) in [6.45, 7) is 0.959. The Morgan fingerprint density at radius 2 is 1.92 bits per heavy atom. The molecule has 2 aromatic carbocycles. The van der Waals surface area contributed by atoms with Crippen LogP contribution in [0, 0.1) is 23.5 Å². The van der Waals surface area contributed by atoms with Crippen molar-refractivity contribution in [3.8, 4) is 17.6 Å². The SMILES string of the molecule is CC(=O)c1cccc(S(=O)(=O)NCC#CCOc2ccc(F)cc2F)c1. The number of ether oxygens (including phenoxy) is 1. The van der Waals surface area contributed by atoms with Crippen LogP contribution in [0.3, 0.4) is 0 Å². The second kappa shape index (κ2) is 8.56. The van der Waals surface area contributed by atoms with Gasteiger partial charge in [-0.15, -0.1) is 0 Å². The fraction of sp³-hybridized carbons (Fsp3) is 0.167. The minimum atomic E-state index is -3.81. The van der Waals surface area contributed by atoms with Crippen molar-refractivity contribution in [2.24, 2.45) is 0 Å². The third kappa shape index (κ3) is 5.37. The zero-order valence-electron chi connectivity index (χ0n) is 13.8. The van der Waals surface area contributed by atoms with Crippen LogP contribution in [-0.2, 0) is 10.0 Å². The van der Waals surface area contributed by atoms with Gasteiger partial charge in [0.15, 0.2) is 17.3 Å². The average Bonchev–Trinajstić information content (AvgIpc) is 2.59. The Morgan fingerprint density at radius 3 is 2.62 bits per heavy atom. The van der Waals surface area contributed by atoms with Crippen molar-refractivity contribution in [2.45, 2.75) is 11.8 Å². The summed E-state index contributed by atoms with van der Waals surface area (Å²) in [5, 5.41) is 0. The Kier molecular flexibility index (Phi) is 6.44. The van der Waals surface area contributed by atoms with Crippen molar-refractivity contribution in [1.29, 1.82) is 0 Å². The number of hydrogen-bond donors (Lipinski definition) is 1. The second-order valence-electron chi connectivity index (χ2n) is 5.13. The minimum Gasteiger partial charge on any atom is -0.478 e. The lowest BCUT2D eigenvalue weighted by Crippen LogP contribution is -2.24. The van der Waals surface area contributed by atoms with Gasteiger partial charge in [-0.2, -0.15) is 4.72 Å². The number of halogens is 2. The van der Waals surface area contributed by atoms with Crippen LogP contribution in [0.1, 0.15) is 17.3 Å². The molecule has 0 aliphatic rings. The van der Waals surface area contributed by atoms with E-state index in [0.29, 0.717) is 6.07 Å². The van der Waals surface area contributed by atoms with Gasteiger partial charge in [0.25, 0.3) is 0 Å². The van der Waals surface area contributed by atoms with Crippen LogP contribution >= 0.6 is 0 Å². The van der Waals surface area contributed by atoms with Gasteiger partial charge in [-0.1, -0.05) is 24.0 Å². The van der Waals surface area contributed by atoms with Crippen molar-refractivity contribution >= 4 is 15.8 Å². The Hall–Kier alpha value is -2.76. The van der Waals surface area contributed by atoms with Crippen molar-refractivity contribution in [2.75, 3.05) is 13.2 Å². The van der Waals surface area contributed by atoms with E-state index in [0.717, 1.165) is 12.1 Å². The molecular weight excluding hydrogens is 364 g/mol. The maximum Gasteiger partial charge on any atom is 0.241 e. The van der Waals surface area contributed by atoms with Gasteiger partial charge < -0.3 is 4.74 Å². The number of Topliss-reactive ketones (excluding diaryl/α,β-unsaturated/α-hetero) is 1. The number of hydrogen-bond acceptors (Lipinski definition) is 4. The highest BCUT2D eigenvalue weighted by Crippen LogP contribution is 2.17. The molecule has 1 N–H and O–H groups in total. The van der Waals surface area contributed by atoms with E-state index in [1.54, 1.807) is 0 Å². The van der Waals surface area contributed by atoms with Gasteiger partial charge in [0.1, 0.15) is 12.4 Å². The lowest BCUT2D eigenvalue weighted by Gasteiger charge is -2.05. The third-order valence-corrected chi connectivity index (χ3v) is 4.62. The number of ketones is 1. The van der Waals surface area contributed by atoms with E-state index >= 15 is 0 Å². The molecule has 0 amide bonds. The maximum absolute atomic E-state index is 13.3. The molecule has 0 aliphatic heterocycles. The maximum atomic E-state index is 13.3. The lowest BCUT2D eigenvalue weighted by atomic mass is 10.2. The molecule has 0 unspecified atom stereocenters. The lowest BCUT2D eigenvalue weighted by molar-refractivity contribution is 0.101. The van der Waals surface area contributed by atoms with Crippen LogP contribution in [0.5, 0.6) is 5.75 Å². The Bertz CT molecular complexity index is 978. The fourth-order valence-corrected chi connectivity index (χ4v) is 2.88. The summed E-state index contributed by atoms with van der Waals surface area (Å²) in [6, 6.07) is 8.51. The fourth-order valence-electron chi connectivity index (χ4n) is 1.92. The molecule has 0 bridgehead atoms. The summed E-state index contributed by atoms with van der Waals surface area (Å²) in [5.41, 5.74) is 0.286. The molecule has 0 atom stereocenters. The molecule has 0 saturated carbocycles. The van der Waals surface area contributed by atoms with Gasteiger partial charge in [0.05, 0.1) is 11.4 Å². The van der Waals surface area contributed by atoms with Crippen molar-refractivity contribution < 1.29 is 26.7 Å². The number of carbonyl (C=O) groups is 1. The third-order valence-electron chi connectivity index (χ3n) is 3.22. The van der Waals surface area contributed by atoms with Crippen LogP contribution < -0.4 is 9.46 Å². The molecule has 0 fully saturated rings. The molecule has 0 heterocycles. The number of benzene rings is 2. The van der Waals surface area contributed by atoms with Crippen LogP contribution in [-0.4, -0.2) is 27.4 Å². The summed E-state index contributed by atoms with van der Waals surface area (Å²) < 4.78 is 57.6. The summed E-state index contributed by atoms with van der Waals surface area (Å²) in [5.74, 6) is 3.07. The monoisotopic (exact) mass is 379 g/mol. The zero-order chi connectivity index (χ0) is 19.2. The number of sulfonamides is 1. The first-order chi connectivity index (χ1) is 12.3. The number of carbonyl (C=O) groups excluding carboxylic acids is 1. The molecule has 26 heavy (non-hydrogen) atoms. The normalized spacial score (nSPS) is 10.7. The van der Waals surface area contributed by atoms with E-state index in [1.807, 2.05) is 0 Å². The van der Waals surface area contributed by atoms with Gasteiger partial charge in [-0.3, -0.25) is 4.79 Å². The van der Waals surface area contributed by atoms with E-state index in [1.165, 1.54) is 31.2 Å². The highest BCUT2D eigenvalue weighted by Gasteiger charge is 2.14. The van der Waals surface area contributed by atoms with E-state index in [4.69, 9.17) is 4.74 Å². The standard InChI is InChI=1S/C18H15F2NO4S/c1-13(22)14-5-4-6-16(11-14)26(23,24)21-9-2-3-10-25-18-8-7-15(19)12-17(18)20/h4-8,11-12,21H,9-10H2,1H3. The molecule has 0 spiro atoms. The first-order valence-corrected chi connectivity index (χ1v) is 8.92. The van der Waals surface area contributed by atoms with Gasteiger partial charge in [0, 0.05) is 11.6 Å². The number of rotatable bonds is 6. The summed E-state index contributed by atoms with van der Waals surface area (Å²) in [4.78, 5) is 11.3. The van der Waals surface area contributed by atoms with Gasteiger partial charge in [-0.05, 0) is 31.2 Å². The second-order valence-corrected chi connectivity index (χ2v) is 6.89. The van der Waals surface area contributed by atoms with Gasteiger partial charge in [-0.25, -0.2) is 17.2 Å². The molecular formula is C18H15F2NO4S. The molecule has 2 rings (SSSR count). The Balaban J connectivity index is 1.90. The highest BCUT2D eigenvalue weighted by atomic mass is 32.2.